The number of methoxy groups -OCH3 is 2. The normalized spacial score (nSPS) is 18.2. The van der Waals surface area contributed by atoms with Crippen LogP contribution in [0.1, 0.15) is 26.9 Å². The zero-order valence-electron chi connectivity index (χ0n) is 19.6. The van der Waals surface area contributed by atoms with Gasteiger partial charge in [0.15, 0.2) is 17.6 Å². The summed E-state index contributed by atoms with van der Waals surface area (Å²) in [4.78, 5) is 18.8. The molecule has 0 radical (unpaired) electrons. The first-order chi connectivity index (χ1) is 16.2. The maximum atomic E-state index is 11.3. The second-order valence-corrected chi connectivity index (χ2v) is 6.88. The Morgan fingerprint density at radius 1 is 1.22 bits per heavy atom. The van der Waals surface area contributed by atoms with E-state index >= 15 is 0 Å². The molecule has 1 aliphatic rings. The van der Waals surface area contributed by atoms with Crippen molar-refractivity contribution < 1.29 is 26.6 Å². The molecule has 2 atom stereocenters. The van der Waals surface area contributed by atoms with E-state index in [1.54, 1.807) is 12.3 Å². The van der Waals surface area contributed by atoms with Gasteiger partial charge >= 0.3 is 5.69 Å². The average molecular weight is 440 g/mol. The van der Waals surface area contributed by atoms with Crippen LogP contribution in [0.25, 0.3) is 0 Å². The molecule has 166 valence electrons. The van der Waals surface area contributed by atoms with Crippen LogP contribution in [0.3, 0.4) is 0 Å². The smallest absolute Gasteiger partial charge is 0.311 e. The zero-order chi connectivity index (χ0) is 24.5. The minimum atomic E-state index is -2.25. The van der Waals surface area contributed by atoms with Crippen molar-refractivity contribution in [1.29, 1.82) is 0 Å². The second kappa shape index (κ2) is 8.96. The Bertz CT molecular complexity index is 1210. The highest BCUT2D eigenvalue weighted by atomic mass is 16.6. The molecule has 4 rings (SSSR count). The van der Waals surface area contributed by atoms with Crippen molar-refractivity contribution in [2.75, 3.05) is 19.5 Å². The molecule has 0 amide bonds. The molecule has 1 N–H and O–H groups in total. The lowest BCUT2D eigenvalue weighted by Crippen LogP contribution is -2.31. The highest BCUT2D eigenvalue weighted by Crippen LogP contribution is 2.46. The predicted molar refractivity (Wildman–Crippen MR) is 115 cm³/mol. The van der Waals surface area contributed by atoms with E-state index in [9.17, 15) is 10.1 Å². The summed E-state index contributed by atoms with van der Waals surface area (Å²) >= 11 is 0. The van der Waals surface area contributed by atoms with E-state index in [1.165, 1.54) is 44.7 Å². The Kier molecular flexibility index (Phi) is 5.23. The number of hydrogen-bond donors (Lipinski definition) is 1. The van der Waals surface area contributed by atoms with Crippen LogP contribution in [0.2, 0.25) is 0 Å². The highest BCUT2D eigenvalue weighted by Gasteiger charge is 2.32. The minimum absolute atomic E-state index is 0.114. The summed E-state index contributed by atoms with van der Waals surface area (Å²) in [5.41, 5.74) is 0.536. The molecule has 0 fully saturated rings. The number of rotatable bonds is 7. The summed E-state index contributed by atoms with van der Waals surface area (Å²) in [5, 5.41) is 13.8. The minimum Gasteiger partial charge on any atom is -0.493 e. The molecule has 10 nitrogen and oxygen atoms in total. The van der Waals surface area contributed by atoms with Crippen LogP contribution in [0, 0.1) is 10.1 Å². The van der Waals surface area contributed by atoms with Crippen molar-refractivity contribution in [3.63, 3.8) is 0 Å². The number of nitrogens with one attached hydrogen (secondary N) is 1. The Morgan fingerprint density at radius 2 is 2.06 bits per heavy atom. The molecule has 3 aromatic rings. The van der Waals surface area contributed by atoms with E-state index in [1.807, 2.05) is 13.0 Å². The topological polar surface area (TPSA) is 118 Å². The van der Waals surface area contributed by atoms with Crippen molar-refractivity contribution in [2.24, 2.45) is 0 Å². The SMILES string of the molecule is [2H]C([2H])(Nc1ncccc1[N+](=O)[O-])c1cc(OC)c2c(c1)O[C@@H](C)[C@H](c1ccc(OC)nc1)O2. The third kappa shape index (κ3) is 4.20. The summed E-state index contributed by atoms with van der Waals surface area (Å²) in [5.74, 6) is 1.10. The van der Waals surface area contributed by atoms with Gasteiger partial charge in [-0.1, -0.05) is 0 Å². The Morgan fingerprint density at radius 3 is 2.75 bits per heavy atom. The van der Waals surface area contributed by atoms with Crippen molar-refractivity contribution in [1.82, 2.24) is 9.97 Å². The number of fused-ring (bicyclic) bond motifs is 1. The van der Waals surface area contributed by atoms with Crippen LogP contribution in [0.15, 0.2) is 48.8 Å². The van der Waals surface area contributed by atoms with Gasteiger partial charge in [-0.05, 0) is 36.8 Å². The van der Waals surface area contributed by atoms with Gasteiger partial charge in [-0.25, -0.2) is 9.97 Å². The fraction of sp³-hybridized carbons (Fsp3) is 0.273. The predicted octanol–water partition coefficient (Wildman–Crippen LogP) is 3.92. The quantitative estimate of drug-likeness (QED) is 0.431. The summed E-state index contributed by atoms with van der Waals surface area (Å²) in [6.07, 6.45) is 2.05. The van der Waals surface area contributed by atoms with Crippen molar-refractivity contribution >= 4 is 11.5 Å². The van der Waals surface area contributed by atoms with Crippen molar-refractivity contribution in [3.8, 4) is 23.1 Å². The van der Waals surface area contributed by atoms with E-state index in [0.717, 1.165) is 5.56 Å². The summed E-state index contributed by atoms with van der Waals surface area (Å²) in [6, 6.07) is 9.11. The van der Waals surface area contributed by atoms with Crippen molar-refractivity contribution in [2.45, 2.75) is 25.6 Å². The summed E-state index contributed by atoms with van der Waals surface area (Å²) in [7, 11) is 2.96. The van der Waals surface area contributed by atoms with Crippen LogP contribution in [0.4, 0.5) is 11.5 Å². The average Bonchev–Trinajstić information content (AvgIpc) is 2.82. The summed E-state index contributed by atoms with van der Waals surface area (Å²) in [6.45, 7) is -0.425. The number of pyridine rings is 2. The molecule has 0 saturated heterocycles. The Labute approximate surface area is 187 Å². The standard InChI is InChI=1S/C22H22N4O6/c1-13-20(15-6-7-19(30-3)24-12-15)32-21-17(29-2)9-14(10-18(21)31-13)11-25-22-16(26(27)28)5-4-8-23-22/h4-10,12-13,20H,11H2,1-3H3,(H,23,25)/t13-,20+/m0/s1/i11D2. The first kappa shape index (κ1) is 18.7. The number of nitro groups is 1. The summed E-state index contributed by atoms with van der Waals surface area (Å²) < 4.78 is 39.8. The molecule has 1 aromatic carbocycles. The number of ether oxygens (including phenoxy) is 4. The lowest BCUT2D eigenvalue weighted by Gasteiger charge is -2.33. The lowest BCUT2D eigenvalue weighted by atomic mass is 10.0. The molecule has 10 heteroatoms. The molecular weight excluding hydrogens is 416 g/mol. The molecule has 0 aliphatic carbocycles. The van der Waals surface area contributed by atoms with Gasteiger partial charge < -0.3 is 24.3 Å². The van der Waals surface area contributed by atoms with Gasteiger partial charge in [0.25, 0.3) is 0 Å². The van der Waals surface area contributed by atoms with E-state index in [0.29, 0.717) is 11.6 Å². The Balaban J connectivity index is 1.67. The second-order valence-electron chi connectivity index (χ2n) is 6.88. The van der Waals surface area contributed by atoms with Crippen LogP contribution in [0.5, 0.6) is 23.1 Å². The van der Waals surface area contributed by atoms with E-state index in [-0.39, 0.29) is 28.6 Å². The van der Waals surface area contributed by atoms with Crippen LogP contribution in [-0.4, -0.2) is 35.2 Å². The number of nitrogens with zero attached hydrogens (tertiary/aromatic N) is 3. The maximum absolute atomic E-state index is 11.3. The molecule has 0 saturated carbocycles. The molecule has 3 heterocycles. The molecule has 2 aromatic heterocycles. The fourth-order valence-electron chi connectivity index (χ4n) is 3.28. The molecule has 32 heavy (non-hydrogen) atoms. The van der Waals surface area contributed by atoms with E-state index < -0.39 is 23.6 Å². The molecule has 0 unspecified atom stereocenters. The Hall–Kier alpha value is -4.08. The van der Waals surface area contributed by atoms with Gasteiger partial charge in [0.1, 0.15) is 6.10 Å². The number of aromatic nitrogens is 2. The third-order valence-electron chi connectivity index (χ3n) is 4.83. The first-order valence-electron chi connectivity index (χ1n) is 10.7. The number of anilines is 1. The molecule has 0 bridgehead atoms. The lowest BCUT2D eigenvalue weighted by molar-refractivity contribution is -0.384. The fourth-order valence-corrected chi connectivity index (χ4v) is 3.28. The third-order valence-corrected chi connectivity index (χ3v) is 4.83. The monoisotopic (exact) mass is 440 g/mol. The molecular formula is C22H22N4O6. The van der Waals surface area contributed by atoms with E-state index in [2.05, 4.69) is 15.3 Å². The molecule has 1 aliphatic heterocycles. The van der Waals surface area contributed by atoms with Crippen LogP contribution >= 0.6 is 0 Å². The van der Waals surface area contributed by atoms with E-state index in [4.69, 9.17) is 21.7 Å². The van der Waals surface area contributed by atoms with Gasteiger partial charge in [0.2, 0.25) is 17.4 Å². The zero-order valence-corrected chi connectivity index (χ0v) is 17.6. The van der Waals surface area contributed by atoms with Gasteiger partial charge in [0, 0.05) is 36.6 Å². The maximum Gasteiger partial charge on any atom is 0.311 e. The van der Waals surface area contributed by atoms with Crippen molar-refractivity contribution in [3.05, 3.63) is 70.0 Å². The first-order valence-corrected chi connectivity index (χ1v) is 9.67. The van der Waals surface area contributed by atoms with Gasteiger partial charge in [-0.15, -0.1) is 0 Å². The van der Waals surface area contributed by atoms with Gasteiger partial charge in [0.05, 0.1) is 21.9 Å². The highest BCUT2D eigenvalue weighted by molar-refractivity contribution is 5.58. The molecule has 0 spiro atoms. The number of benzene rings is 1. The number of hydrogen-bond acceptors (Lipinski definition) is 9. The largest absolute Gasteiger partial charge is 0.493 e. The van der Waals surface area contributed by atoms with Gasteiger partial charge in [-0.2, -0.15) is 0 Å². The van der Waals surface area contributed by atoms with Crippen LogP contribution in [-0.2, 0) is 6.50 Å². The van der Waals surface area contributed by atoms with Crippen LogP contribution < -0.4 is 24.3 Å². The van der Waals surface area contributed by atoms with Gasteiger partial charge in [-0.3, -0.25) is 10.1 Å².